The molecule has 3 rings (SSSR count). The second-order valence-corrected chi connectivity index (χ2v) is 28.5. The van der Waals surface area contributed by atoms with Crippen molar-refractivity contribution in [1.29, 1.82) is 0 Å². The smallest absolute Gasteiger partial charge is 0.220 e. The van der Waals surface area contributed by atoms with Crippen LogP contribution in [0.3, 0.4) is 0 Å². The third kappa shape index (κ3) is 40.0. The highest BCUT2D eigenvalue weighted by atomic mass is 16.8. The maximum absolute atomic E-state index is 13.4. The molecule has 0 aliphatic carbocycles. The molecule has 3 heterocycles. The molecule has 97 heavy (non-hydrogen) atoms. The van der Waals surface area contributed by atoms with E-state index in [9.17, 15) is 61.0 Å². The number of amides is 1. The molecule has 0 radical (unpaired) electrons. The van der Waals surface area contributed by atoms with Crippen LogP contribution in [0, 0.1) is 0 Å². The van der Waals surface area contributed by atoms with Crippen molar-refractivity contribution < 1.29 is 89.4 Å². The van der Waals surface area contributed by atoms with Gasteiger partial charge in [0.25, 0.3) is 0 Å². The zero-order chi connectivity index (χ0) is 70.4. The van der Waals surface area contributed by atoms with Gasteiger partial charge in [0.2, 0.25) is 5.91 Å². The van der Waals surface area contributed by atoms with Crippen LogP contribution in [0.15, 0.2) is 36.5 Å². The Balaban J connectivity index is 1.36. The SMILES string of the molecule is CCCCC/C=C\C/C=C\CCCCCCCCCCCC(=O)NC(COC1OC(CO)C(OC2OC(CO)C(OC3OC(CO)C(O)C(O)C3O)C(O)C2O)C(O)C1O)C(O)/C=C/CCCCCCCCCCCCCCCCCCCCCCCCCCCCCCCCC. The molecule has 0 aromatic heterocycles. The Kier molecular flexibility index (Phi) is 54.6. The van der Waals surface area contributed by atoms with Crippen molar-refractivity contribution in [2.45, 2.75) is 426 Å². The first-order chi connectivity index (χ1) is 47.3. The van der Waals surface area contributed by atoms with Crippen LogP contribution in [0.4, 0.5) is 0 Å². The number of carbonyl (C=O) groups excluding carboxylic acids is 1. The third-order valence-corrected chi connectivity index (χ3v) is 19.9. The number of nitrogens with one attached hydrogen (secondary N) is 1. The molecular weight excluding hydrogens is 1240 g/mol. The van der Waals surface area contributed by atoms with Crippen LogP contribution in [-0.4, -0.2) is 193 Å². The Morgan fingerprint density at radius 1 is 0.371 bits per heavy atom. The molecule has 0 saturated carbocycles. The fourth-order valence-electron chi connectivity index (χ4n) is 13.5. The summed E-state index contributed by atoms with van der Waals surface area (Å²) in [4.78, 5) is 13.4. The van der Waals surface area contributed by atoms with E-state index in [2.05, 4.69) is 43.5 Å². The molecule has 17 unspecified atom stereocenters. The van der Waals surface area contributed by atoms with Crippen LogP contribution in [0.5, 0.6) is 0 Å². The summed E-state index contributed by atoms with van der Waals surface area (Å²) < 4.78 is 34.4. The lowest BCUT2D eigenvalue weighted by molar-refractivity contribution is -0.379. The number of rotatable bonds is 63. The summed E-state index contributed by atoms with van der Waals surface area (Å²) in [5.41, 5.74) is 0. The molecule has 3 aliphatic rings. The summed E-state index contributed by atoms with van der Waals surface area (Å²) in [6.07, 6.45) is 45.7. The molecule has 3 saturated heterocycles. The van der Waals surface area contributed by atoms with E-state index in [0.29, 0.717) is 6.42 Å². The van der Waals surface area contributed by atoms with Gasteiger partial charge in [-0.2, -0.15) is 0 Å². The summed E-state index contributed by atoms with van der Waals surface area (Å²) in [5.74, 6) is -0.277. The quantitative estimate of drug-likeness (QED) is 0.0199. The van der Waals surface area contributed by atoms with Gasteiger partial charge < -0.3 is 89.9 Å². The Labute approximate surface area is 587 Å². The number of carbonyl (C=O) groups is 1. The predicted octanol–water partition coefficient (Wildman–Crippen LogP) is 12.7. The second kappa shape index (κ2) is 59.4. The first-order valence-electron chi connectivity index (χ1n) is 39.7. The summed E-state index contributed by atoms with van der Waals surface area (Å²) >= 11 is 0. The van der Waals surface area contributed by atoms with E-state index in [1.165, 1.54) is 231 Å². The van der Waals surface area contributed by atoms with Crippen LogP contribution < -0.4 is 5.32 Å². The van der Waals surface area contributed by atoms with Crippen LogP contribution in [-0.2, 0) is 33.2 Å². The molecule has 570 valence electrons. The fraction of sp³-hybridized carbons (Fsp3) is 0.910. The van der Waals surface area contributed by atoms with Gasteiger partial charge in [-0.1, -0.05) is 301 Å². The molecule has 3 aliphatic heterocycles. The van der Waals surface area contributed by atoms with Gasteiger partial charge in [-0.05, 0) is 51.4 Å². The third-order valence-electron chi connectivity index (χ3n) is 19.9. The molecule has 0 bridgehead atoms. The van der Waals surface area contributed by atoms with E-state index >= 15 is 0 Å². The Hall–Kier alpha value is -1.99. The molecule has 19 heteroatoms. The maximum Gasteiger partial charge on any atom is 0.220 e. The van der Waals surface area contributed by atoms with Crippen molar-refractivity contribution in [1.82, 2.24) is 5.32 Å². The van der Waals surface area contributed by atoms with Crippen LogP contribution in [0.2, 0.25) is 0 Å². The minimum atomic E-state index is -1.98. The topological polar surface area (TPSA) is 307 Å². The number of allylic oxidation sites excluding steroid dienone is 5. The molecule has 1 amide bonds. The molecule has 12 N–H and O–H groups in total. The minimum absolute atomic E-state index is 0.239. The van der Waals surface area contributed by atoms with E-state index in [0.717, 1.165) is 64.2 Å². The normalized spacial score (nSPS) is 27.0. The van der Waals surface area contributed by atoms with Crippen molar-refractivity contribution in [3.8, 4) is 0 Å². The number of ether oxygens (including phenoxy) is 6. The van der Waals surface area contributed by atoms with Crippen LogP contribution in [0.1, 0.15) is 322 Å². The van der Waals surface area contributed by atoms with Gasteiger partial charge in [0.1, 0.15) is 73.2 Å². The average molecular weight is 1390 g/mol. The Morgan fingerprint density at radius 2 is 0.680 bits per heavy atom. The van der Waals surface area contributed by atoms with Gasteiger partial charge in [0, 0.05) is 6.42 Å². The standard InChI is InChI=1S/C78H145NO18/c1-3-5-7-9-11-13-15-17-19-21-23-24-25-26-27-28-29-30-31-32-33-34-35-36-38-39-41-43-45-47-49-51-53-55-62(83)61(79-66(84)56-54-52-50-48-46-44-42-40-37-22-20-18-16-14-12-10-8-6-4-2)60-92-76-72(90)69(87)74(64(58-81)94-76)97-78-73(91)70(88)75(65(59-82)95-78)96-77-71(89)68(86)67(85)63(57-80)93-77/h12,14,18,20,53,55,61-65,67-78,80-83,85-91H,3-11,13,15-17,19,21-52,54,56-60H2,1-2H3,(H,79,84)/b14-12-,20-18-,55-53+. The van der Waals surface area contributed by atoms with Gasteiger partial charge >= 0.3 is 0 Å². The maximum atomic E-state index is 13.4. The monoisotopic (exact) mass is 1380 g/mol. The molecule has 0 aromatic rings. The number of unbranched alkanes of at least 4 members (excludes halogenated alkanes) is 43. The summed E-state index contributed by atoms with van der Waals surface area (Å²) in [7, 11) is 0. The lowest BCUT2D eigenvalue weighted by Gasteiger charge is -2.48. The first-order valence-corrected chi connectivity index (χ1v) is 39.7. The number of aliphatic hydroxyl groups is 11. The minimum Gasteiger partial charge on any atom is -0.394 e. The highest BCUT2D eigenvalue weighted by molar-refractivity contribution is 5.76. The molecule has 19 nitrogen and oxygen atoms in total. The van der Waals surface area contributed by atoms with E-state index in [-0.39, 0.29) is 18.9 Å². The van der Waals surface area contributed by atoms with E-state index < -0.39 is 124 Å². The highest BCUT2D eigenvalue weighted by Gasteiger charge is 2.53. The molecule has 3 fully saturated rings. The fourth-order valence-corrected chi connectivity index (χ4v) is 13.5. The average Bonchev–Trinajstić information content (AvgIpc) is 0.795. The van der Waals surface area contributed by atoms with E-state index in [4.69, 9.17) is 28.4 Å². The zero-order valence-electron chi connectivity index (χ0n) is 60.8. The zero-order valence-corrected chi connectivity index (χ0v) is 60.8. The molecule has 0 aromatic carbocycles. The van der Waals surface area contributed by atoms with Gasteiger partial charge in [-0.15, -0.1) is 0 Å². The van der Waals surface area contributed by atoms with E-state index in [1.54, 1.807) is 6.08 Å². The van der Waals surface area contributed by atoms with Gasteiger partial charge in [-0.25, -0.2) is 0 Å². The first kappa shape index (κ1) is 89.2. The Morgan fingerprint density at radius 3 is 1.07 bits per heavy atom. The van der Waals surface area contributed by atoms with Gasteiger partial charge in [0.15, 0.2) is 18.9 Å². The van der Waals surface area contributed by atoms with Crippen molar-refractivity contribution in [3.05, 3.63) is 36.5 Å². The molecule has 17 atom stereocenters. The van der Waals surface area contributed by atoms with Crippen LogP contribution in [0.25, 0.3) is 0 Å². The van der Waals surface area contributed by atoms with Crippen molar-refractivity contribution >= 4 is 5.91 Å². The Bertz CT molecular complexity index is 1900. The number of aliphatic hydroxyl groups excluding tert-OH is 11. The molecular formula is C78H145NO18. The number of hydrogen-bond acceptors (Lipinski definition) is 18. The van der Waals surface area contributed by atoms with Crippen molar-refractivity contribution in [2.24, 2.45) is 0 Å². The van der Waals surface area contributed by atoms with Crippen molar-refractivity contribution in [2.75, 3.05) is 26.4 Å². The summed E-state index contributed by atoms with van der Waals surface area (Å²) in [5, 5.41) is 121. The van der Waals surface area contributed by atoms with Gasteiger partial charge in [0.05, 0.1) is 38.6 Å². The lowest BCUT2D eigenvalue weighted by atomic mass is 9.96. The van der Waals surface area contributed by atoms with E-state index in [1.807, 2.05) is 6.08 Å². The van der Waals surface area contributed by atoms with Crippen LogP contribution >= 0.6 is 0 Å². The largest absolute Gasteiger partial charge is 0.394 e. The molecule has 0 spiro atoms. The lowest BCUT2D eigenvalue weighted by Crippen LogP contribution is -2.66. The second-order valence-electron chi connectivity index (χ2n) is 28.5. The summed E-state index contributed by atoms with van der Waals surface area (Å²) in [6, 6.07) is -0.977. The highest BCUT2D eigenvalue weighted by Crippen LogP contribution is 2.33. The predicted molar refractivity (Wildman–Crippen MR) is 383 cm³/mol. The van der Waals surface area contributed by atoms with Crippen molar-refractivity contribution in [3.63, 3.8) is 0 Å². The van der Waals surface area contributed by atoms with Gasteiger partial charge in [-0.3, -0.25) is 4.79 Å². The number of hydrogen-bond donors (Lipinski definition) is 12. The summed E-state index contributed by atoms with van der Waals surface area (Å²) in [6.45, 7) is 1.75.